The number of furan rings is 1. The number of aromatic nitrogens is 1. The second-order valence-electron chi connectivity index (χ2n) is 8.08. The maximum absolute atomic E-state index is 12.3. The number of nitro groups is 1. The van der Waals surface area contributed by atoms with Crippen molar-refractivity contribution in [3.63, 3.8) is 0 Å². The first-order valence-corrected chi connectivity index (χ1v) is 11.1. The Bertz CT molecular complexity index is 1070. The minimum absolute atomic E-state index is 0.0593. The third-order valence-corrected chi connectivity index (χ3v) is 5.87. The van der Waals surface area contributed by atoms with E-state index >= 15 is 0 Å². The van der Waals surface area contributed by atoms with Gasteiger partial charge in [0.15, 0.2) is 5.76 Å². The zero-order chi connectivity index (χ0) is 22.5. The van der Waals surface area contributed by atoms with Crippen molar-refractivity contribution in [2.24, 2.45) is 0 Å². The average molecular weight is 437 g/mol. The largest absolute Gasteiger partial charge is 0.455 e. The SMILES string of the molecule is CCCCCNC(=O)c1ccc(CN2CCn3cccc3C2c2ccc([N+](=O)[O-])cc2)o1. The van der Waals surface area contributed by atoms with Gasteiger partial charge < -0.3 is 14.3 Å². The second-order valence-corrected chi connectivity index (χ2v) is 8.08. The van der Waals surface area contributed by atoms with Crippen molar-refractivity contribution < 1.29 is 14.1 Å². The first-order valence-electron chi connectivity index (χ1n) is 11.1. The third-order valence-electron chi connectivity index (χ3n) is 5.87. The van der Waals surface area contributed by atoms with Crippen molar-refractivity contribution in [2.45, 2.75) is 45.3 Å². The van der Waals surface area contributed by atoms with Gasteiger partial charge in [-0.05, 0) is 36.2 Å². The van der Waals surface area contributed by atoms with Crippen molar-refractivity contribution in [1.29, 1.82) is 0 Å². The number of unbranched alkanes of at least 4 members (excludes halogenated alkanes) is 2. The Morgan fingerprint density at radius 1 is 1.16 bits per heavy atom. The van der Waals surface area contributed by atoms with Crippen LogP contribution in [0.5, 0.6) is 0 Å². The Balaban J connectivity index is 1.50. The number of benzene rings is 1. The summed E-state index contributed by atoms with van der Waals surface area (Å²) in [7, 11) is 0. The molecule has 0 fully saturated rings. The molecule has 1 aliphatic heterocycles. The molecule has 0 saturated heterocycles. The zero-order valence-electron chi connectivity index (χ0n) is 18.2. The van der Waals surface area contributed by atoms with Crippen LogP contribution in [0.25, 0.3) is 0 Å². The fourth-order valence-corrected chi connectivity index (χ4v) is 4.21. The van der Waals surface area contributed by atoms with Crippen molar-refractivity contribution in [3.05, 3.63) is 87.6 Å². The van der Waals surface area contributed by atoms with Crippen LogP contribution in [-0.2, 0) is 13.1 Å². The zero-order valence-corrected chi connectivity index (χ0v) is 18.2. The van der Waals surface area contributed by atoms with Crippen LogP contribution < -0.4 is 5.32 Å². The summed E-state index contributed by atoms with van der Waals surface area (Å²) in [5, 5.41) is 14.0. The van der Waals surface area contributed by atoms with Crippen LogP contribution >= 0.6 is 0 Å². The number of hydrogen-bond donors (Lipinski definition) is 1. The molecule has 3 heterocycles. The van der Waals surface area contributed by atoms with E-state index in [1.807, 2.05) is 24.3 Å². The lowest BCUT2D eigenvalue weighted by molar-refractivity contribution is -0.384. The van der Waals surface area contributed by atoms with Crippen LogP contribution in [0.2, 0.25) is 0 Å². The number of carbonyl (C=O) groups is 1. The van der Waals surface area contributed by atoms with Crippen LogP contribution in [-0.4, -0.2) is 33.4 Å². The van der Waals surface area contributed by atoms with E-state index in [0.29, 0.717) is 18.8 Å². The standard InChI is InChI=1S/C24H28N4O4/c1-2-3-4-13-25-24(29)22-12-11-20(32-22)17-27-16-15-26-14-5-6-21(26)23(27)18-7-9-19(10-8-18)28(30)31/h5-12,14,23H,2-4,13,15-17H2,1H3,(H,25,29). The molecule has 1 aromatic carbocycles. The van der Waals surface area contributed by atoms with E-state index in [9.17, 15) is 14.9 Å². The van der Waals surface area contributed by atoms with E-state index in [2.05, 4.69) is 34.0 Å². The van der Waals surface area contributed by atoms with Gasteiger partial charge in [0.05, 0.1) is 17.5 Å². The molecule has 0 aliphatic carbocycles. The third kappa shape index (κ3) is 4.75. The fraction of sp³-hybridized carbons (Fsp3) is 0.375. The summed E-state index contributed by atoms with van der Waals surface area (Å²) in [5.74, 6) is 0.853. The van der Waals surface area contributed by atoms with E-state index in [4.69, 9.17) is 4.42 Å². The number of nitro benzene ring substituents is 1. The minimum atomic E-state index is -0.386. The summed E-state index contributed by atoms with van der Waals surface area (Å²) in [6.45, 7) is 4.95. The molecular weight excluding hydrogens is 408 g/mol. The molecule has 0 radical (unpaired) electrons. The van der Waals surface area contributed by atoms with Gasteiger partial charge in [0, 0.05) is 43.7 Å². The number of nitrogens with one attached hydrogen (secondary N) is 1. The molecule has 0 bridgehead atoms. The number of rotatable bonds is 9. The molecule has 2 aromatic heterocycles. The van der Waals surface area contributed by atoms with Crippen LogP contribution in [0.1, 0.15) is 59.8 Å². The smallest absolute Gasteiger partial charge is 0.286 e. The van der Waals surface area contributed by atoms with Crippen LogP contribution in [0, 0.1) is 10.1 Å². The first-order chi connectivity index (χ1) is 15.6. The molecule has 1 aliphatic rings. The van der Waals surface area contributed by atoms with Gasteiger partial charge in [-0.15, -0.1) is 0 Å². The lowest BCUT2D eigenvalue weighted by Gasteiger charge is -2.36. The maximum atomic E-state index is 12.3. The number of fused-ring (bicyclic) bond motifs is 1. The molecule has 4 rings (SSSR count). The fourth-order valence-electron chi connectivity index (χ4n) is 4.21. The predicted molar refractivity (Wildman–Crippen MR) is 120 cm³/mol. The van der Waals surface area contributed by atoms with Gasteiger partial charge in [-0.2, -0.15) is 0 Å². The topological polar surface area (TPSA) is 93.5 Å². The normalized spacial score (nSPS) is 16.0. The summed E-state index contributed by atoms with van der Waals surface area (Å²) in [6, 6.07) is 14.3. The Morgan fingerprint density at radius 2 is 1.97 bits per heavy atom. The quantitative estimate of drug-likeness (QED) is 0.302. The van der Waals surface area contributed by atoms with Gasteiger partial charge in [0.1, 0.15) is 5.76 Å². The number of nitrogens with zero attached hydrogens (tertiary/aromatic N) is 3. The molecule has 168 valence electrons. The van der Waals surface area contributed by atoms with E-state index in [1.54, 1.807) is 18.2 Å². The number of non-ortho nitro benzene ring substituents is 1. The molecule has 1 unspecified atom stereocenters. The van der Waals surface area contributed by atoms with Crippen LogP contribution in [0.4, 0.5) is 5.69 Å². The highest BCUT2D eigenvalue weighted by molar-refractivity contribution is 5.91. The van der Waals surface area contributed by atoms with Crippen LogP contribution in [0.3, 0.4) is 0 Å². The van der Waals surface area contributed by atoms with Crippen molar-refractivity contribution in [3.8, 4) is 0 Å². The lowest BCUT2D eigenvalue weighted by Crippen LogP contribution is -2.37. The number of carbonyl (C=O) groups excluding carboxylic acids is 1. The van der Waals surface area contributed by atoms with Crippen molar-refractivity contribution in [2.75, 3.05) is 13.1 Å². The summed E-state index contributed by atoms with van der Waals surface area (Å²) in [5.41, 5.74) is 2.19. The summed E-state index contributed by atoms with van der Waals surface area (Å²) >= 11 is 0. The lowest BCUT2D eigenvalue weighted by atomic mass is 9.99. The van der Waals surface area contributed by atoms with Gasteiger partial charge in [-0.1, -0.05) is 31.9 Å². The second kappa shape index (κ2) is 9.82. The van der Waals surface area contributed by atoms with Gasteiger partial charge in [0.25, 0.3) is 11.6 Å². The highest BCUT2D eigenvalue weighted by Crippen LogP contribution is 2.34. The molecular formula is C24H28N4O4. The maximum Gasteiger partial charge on any atom is 0.286 e. The van der Waals surface area contributed by atoms with Gasteiger partial charge >= 0.3 is 0 Å². The first kappa shape index (κ1) is 21.8. The molecule has 0 saturated carbocycles. The predicted octanol–water partition coefficient (Wildman–Crippen LogP) is 4.51. The number of hydrogen-bond acceptors (Lipinski definition) is 5. The summed E-state index contributed by atoms with van der Waals surface area (Å²) in [4.78, 5) is 25.3. The van der Waals surface area contributed by atoms with Crippen LogP contribution in [0.15, 0.2) is 59.1 Å². The molecule has 1 atom stereocenters. The van der Waals surface area contributed by atoms with Crippen molar-refractivity contribution in [1.82, 2.24) is 14.8 Å². The molecule has 1 amide bonds. The average Bonchev–Trinajstić information content (AvgIpc) is 3.46. The Labute approximate surface area is 187 Å². The Kier molecular flexibility index (Phi) is 6.70. The molecule has 32 heavy (non-hydrogen) atoms. The Morgan fingerprint density at radius 3 is 2.72 bits per heavy atom. The monoisotopic (exact) mass is 436 g/mol. The highest BCUT2D eigenvalue weighted by atomic mass is 16.6. The molecule has 3 aromatic rings. The molecule has 8 heteroatoms. The number of amides is 1. The van der Waals surface area contributed by atoms with Gasteiger partial charge in [0.2, 0.25) is 0 Å². The van der Waals surface area contributed by atoms with Crippen molar-refractivity contribution >= 4 is 11.6 Å². The van der Waals surface area contributed by atoms with Gasteiger partial charge in [-0.25, -0.2) is 0 Å². The van der Waals surface area contributed by atoms with E-state index in [-0.39, 0.29) is 22.6 Å². The Hall–Kier alpha value is -3.39. The highest BCUT2D eigenvalue weighted by Gasteiger charge is 2.30. The molecule has 0 spiro atoms. The van der Waals surface area contributed by atoms with E-state index in [0.717, 1.165) is 49.4 Å². The van der Waals surface area contributed by atoms with E-state index < -0.39 is 0 Å². The summed E-state index contributed by atoms with van der Waals surface area (Å²) < 4.78 is 8.07. The molecule has 1 N–H and O–H groups in total. The van der Waals surface area contributed by atoms with E-state index in [1.165, 1.54) is 0 Å². The minimum Gasteiger partial charge on any atom is -0.455 e. The molecule has 8 nitrogen and oxygen atoms in total. The summed E-state index contributed by atoms with van der Waals surface area (Å²) in [6.07, 6.45) is 5.21. The van der Waals surface area contributed by atoms with Gasteiger partial charge in [-0.3, -0.25) is 19.8 Å².